The number of fused-ring (bicyclic) bond motifs is 1. The molecular formula is C24H24N2O4. The van der Waals surface area contributed by atoms with E-state index < -0.39 is 6.10 Å². The van der Waals surface area contributed by atoms with E-state index in [2.05, 4.69) is 5.16 Å². The highest BCUT2D eigenvalue weighted by molar-refractivity contribution is 6.04. The Morgan fingerprint density at radius 2 is 1.83 bits per heavy atom. The molecule has 30 heavy (non-hydrogen) atoms. The van der Waals surface area contributed by atoms with Crippen molar-refractivity contribution in [3.05, 3.63) is 65.7 Å². The van der Waals surface area contributed by atoms with Gasteiger partial charge in [0.2, 0.25) is 6.10 Å². The monoisotopic (exact) mass is 404 g/mol. The van der Waals surface area contributed by atoms with Crippen LogP contribution in [0.3, 0.4) is 0 Å². The van der Waals surface area contributed by atoms with Crippen molar-refractivity contribution in [3.8, 4) is 5.75 Å². The zero-order valence-corrected chi connectivity index (χ0v) is 16.7. The van der Waals surface area contributed by atoms with Gasteiger partial charge in [-0.25, -0.2) is 0 Å². The molecule has 0 unspecified atom stereocenters. The molecule has 6 heteroatoms. The summed E-state index contributed by atoms with van der Waals surface area (Å²) >= 11 is 0. The number of rotatable bonds is 3. The number of benzene rings is 2. The second-order valence-corrected chi connectivity index (χ2v) is 8.17. The molecule has 5 rings (SSSR count). The van der Waals surface area contributed by atoms with E-state index >= 15 is 0 Å². The summed E-state index contributed by atoms with van der Waals surface area (Å²) in [6.07, 6.45) is 1.92. The van der Waals surface area contributed by atoms with Crippen molar-refractivity contribution in [2.45, 2.75) is 37.9 Å². The van der Waals surface area contributed by atoms with Crippen molar-refractivity contribution in [1.82, 2.24) is 4.90 Å². The van der Waals surface area contributed by atoms with Gasteiger partial charge in [-0.15, -0.1) is 0 Å². The van der Waals surface area contributed by atoms with Crippen molar-refractivity contribution in [3.63, 3.8) is 0 Å². The Bertz CT molecular complexity index is 988. The van der Waals surface area contributed by atoms with Crippen molar-refractivity contribution >= 4 is 17.4 Å². The minimum absolute atomic E-state index is 0.0306. The Balaban J connectivity index is 1.23. The van der Waals surface area contributed by atoms with E-state index in [1.54, 1.807) is 0 Å². The molecule has 0 aromatic heterocycles. The van der Waals surface area contributed by atoms with Crippen LogP contribution in [0.4, 0.5) is 0 Å². The largest absolute Gasteiger partial charge is 0.489 e. The van der Waals surface area contributed by atoms with Gasteiger partial charge in [0.25, 0.3) is 5.91 Å². The van der Waals surface area contributed by atoms with Gasteiger partial charge >= 0.3 is 0 Å². The van der Waals surface area contributed by atoms with Gasteiger partial charge in [-0.05, 0) is 30.5 Å². The van der Waals surface area contributed by atoms with Crippen molar-refractivity contribution in [1.29, 1.82) is 0 Å². The van der Waals surface area contributed by atoms with Crippen LogP contribution in [0.5, 0.6) is 5.75 Å². The molecule has 0 radical (unpaired) electrons. The molecule has 3 atom stereocenters. The lowest BCUT2D eigenvalue weighted by Gasteiger charge is -2.38. The standard InChI is InChI=1S/C24H24N2O4/c27-20-14-22(29-21-11-5-4-10-18(20)21)17-9-6-12-26(15-17)24(28)23-13-19(25-30-23)16-7-2-1-3-8-16/h1-5,7-8,10-11,17,22-23H,6,9,12-15H2/t17-,22-,23+/m1/s1. The lowest BCUT2D eigenvalue weighted by atomic mass is 9.86. The molecule has 2 aromatic carbocycles. The van der Waals surface area contributed by atoms with Gasteiger partial charge in [0.1, 0.15) is 11.9 Å². The zero-order valence-electron chi connectivity index (χ0n) is 16.7. The van der Waals surface area contributed by atoms with Crippen LogP contribution in [0.2, 0.25) is 0 Å². The Labute approximate surface area is 175 Å². The van der Waals surface area contributed by atoms with Crippen LogP contribution in [-0.2, 0) is 9.63 Å². The SMILES string of the molecule is O=C1C[C@H]([C@@H]2CCCN(C(=O)[C@@H]3CC(c4ccccc4)=NO3)C2)Oc2ccccc21. The minimum Gasteiger partial charge on any atom is -0.489 e. The fourth-order valence-corrected chi connectivity index (χ4v) is 4.59. The normalized spacial score (nSPS) is 25.7. The molecule has 3 heterocycles. The molecule has 0 bridgehead atoms. The third-order valence-electron chi connectivity index (χ3n) is 6.20. The molecule has 3 aliphatic heterocycles. The number of hydrogen-bond acceptors (Lipinski definition) is 5. The van der Waals surface area contributed by atoms with Gasteiger partial charge in [-0.1, -0.05) is 47.6 Å². The lowest BCUT2D eigenvalue weighted by Crippen LogP contribution is -2.49. The van der Waals surface area contributed by atoms with E-state index in [1.165, 1.54) is 0 Å². The molecule has 0 saturated carbocycles. The zero-order chi connectivity index (χ0) is 20.5. The molecule has 3 aliphatic rings. The highest BCUT2D eigenvalue weighted by Crippen LogP contribution is 2.33. The quantitative estimate of drug-likeness (QED) is 0.786. The highest BCUT2D eigenvalue weighted by atomic mass is 16.6. The maximum atomic E-state index is 13.1. The number of hydrogen-bond donors (Lipinski definition) is 0. The molecule has 1 saturated heterocycles. The van der Waals surface area contributed by atoms with E-state index in [0.717, 1.165) is 24.1 Å². The van der Waals surface area contributed by atoms with E-state index in [9.17, 15) is 9.59 Å². The number of amides is 1. The van der Waals surface area contributed by atoms with Crippen molar-refractivity contribution in [2.24, 2.45) is 11.1 Å². The summed E-state index contributed by atoms with van der Waals surface area (Å²) < 4.78 is 6.16. The number of carbonyl (C=O) groups excluding carboxylic acids is 2. The van der Waals surface area contributed by atoms with E-state index in [-0.39, 0.29) is 23.7 Å². The van der Waals surface area contributed by atoms with Gasteiger partial charge in [0, 0.05) is 31.8 Å². The number of carbonyl (C=O) groups is 2. The summed E-state index contributed by atoms with van der Waals surface area (Å²) in [6.45, 7) is 1.28. The first kappa shape index (κ1) is 18.9. The fraction of sp³-hybridized carbons (Fsp3) is 0.375. The van der Waals surface area contributed by atoms with Crippen LogP contribution in [-0.4, -0.2) is 47.6 Å². The molecule has 0 spiro atoms. The molecule has 1 fully saturated rings. The van der Waals surface area contributed by atoms with E-state index in [0.29, 0.717) is 37.2 Å². The predicted octanol–water partition coefficient (Wildman–Crippen LogP) is 3.45. The second-order valence-electron chi connectivity index (χ2n) is 8.17. The lowest BCUT2D eigenvalue weighted by molar-refractivity contribution is -0.144. The fourth-order valence-electron chi connectivity index (χ4n) is 4.59. The van der Waals surface area contributed by atoms with Crippen molar-refractivity contribution < 1.29 is 19.2 Å². The number of likely N-dealkylation sites (tertiary alicyclic amines) is 1. The van der Waals surface area contributed by atoms with Gasteiger partial charge in [-0.3, -0.25) is 9.59 Å². The number of piperidine rings is 1. The second kappa shape index (κ2) is 7.94. The maximum Gasteiger partial charge on any atom is 0.266 e. The van der Waals surface area contributed by atoms with Crippen LogP contribution in [0.25, 0.3) is 0 Å². The molecule has 0 aliphatic carbocycles. The Morgan fingerprint density at radius 1 is 1.03 bits per heavy atom. The van der Waals surface area contributed by atoms with Crippen LogP contribution < -0.4 is 4.74 Å². The van der Waals surface area contributed by atoms with Gasteiger partial charge in [0.05, 0.1) is 11.3 Å². The third-order valence-corrected chi connectivity index (χ3v) is 6.20. The van der Waals surface area contributed by atoms with Gasteiger partial charge in [-0.2, -0.15) is 0 Å². The van der Waals surface area contributed by atoms with E-state index in [4.69, 9.17) is 9.57 Å². The average molecular weight is 404 g/mol. The summed E-state index contributed by atoms with van der Waals surface area (Å²) in [5.74, 6) is 0.875. The van der Waals surface area contributed by atoms with Crippen LogP contribution >= 0.6 is 0 Å². The Morgan fingerprint density at radius 3 is 2.70 bits per heavy atom. The third kappa shape index (κ3) is 3.58. The maximum absolute atomic E-state index is 13.1. The smallest absolute Gasteiger partial charge is 0.266 e. The number of Topliss-reactive ketones (excluding diaryl/α,β-unsaturated/α-hetero) is 1. The summed E-state index contributed by atoms with van der Waals surface area (Å²) in [5.41, 5.74) is 2.44. The molecule has 0 N–H and O–H groups in total. The molecule has 6 nitrogen and oxygen atoms in total. The summed E-state index contributed by atoms with van der Waals surface area (Å²) in [6, 6.07) is 17.2. The average Bonchev–Trinajstić information content (AvgIpc) is 3.30. The van der Waals surface area contributed by atoms with Crippen molar-refractivity contribution in [2.75, 3.05) is 13.1 Å². The van der Waals surface area contributed by atoms with Gasteiger partial charge < -0.3 is 14.5 Å². The first-order valence-electron chi connectivity index (χ1n) is 10.5. The van der Waals surface area contributed by atoms with Gasteiger partial charge in [0.15, 0.2) is 5.78 Å². The first-order valence-corrected chi connectivity index (χ1v) is 10.5. The topological polar surface area (TPSA) is 68.2 Å². The summed E-state index contributed by atoms with van der Waals surface area (Å²) in [5, 5.41) is 4.15. The number of ketones is 1. The number of ether oxygens (including phenoxy) is 1. The first-order chi connectivity index (χ1) is 14.7. The molecule has 154 valence electrons. The van der Waals surface area contributed by atoms with E-state index in [1.807, 2.05) is 59.5 Å². The summed E-state index contributed by atoms with van der Waals surface area (Å²) in [4.78, 5) is 33.0. The van der Waals surface area contributed by atoms with Crippen LogP contribution in [0.15, 0.2) is 59.8 Å². The summed E-state index contributed by atoms with van der Waals surface area (Å²) in [7, 11) is 0. The Kier molecular flexibility index (Phi) is 4.99. The number of oxime groups is 1. The number of para-hydroxylation sites is 1. The molecular weight excluding hydrogens is 380 g/mol. The minimum atomic E-state index is -0.575. The molecule has 1 amide bonds. The predicted molar refractivity (Wildman–Crippen MR) is 112 cm³/mol. The van der Waals surface area contributed by atoms with Crippen LogP contribution in [0, 0.1) is 5.92 Å². The molecule has 2 aromatic rings. The number of nitrogens with zero attached hydrogens (tertiary/aromatic N) is 2. The van der Waals surface area contributed by atoms with Crippen LogP contribution in [0.1, 0.15) is 41.6 Å². The Hall–Kier alpha value is -3.15. The highest BCUT2D eigenvalue weighted by Gasteiger charge is 2.39.